The van der Waals surface area contributed by atoms with Gasteiger partial charge < -0.3 is 5.32 Å². The molecule has 20 heavy (non-hydrogen) atoms. The van der Waals surface area contributed by atoms with E-state index < -0.39 is 11.7 Å². The molecule has 0 bridgehead atoms. The maximum Gasteiger partial charge on any atom is 0.416 e. The first-order valence-electron chi connectivity index (χ1n) is 5.62. The van der Waals surface area contributed by atoms with Crippen LogP contribution in [-0.4, -0.2) is 7.05 Å². The molecule has 0 spiro atoms. The molecular formula is C13H10Br2F3NS. The van der Waals surface area contributed by atoms with Gasteiger partial charge >= 0.3 is 6.18 Å². The summed E-state index contributed by atoms with van der Waals surface area (Å²) in [5.74, 6) is 0. The molecule has 2 rings (SSSR count). The third-order valence-electron chi connectivity index (χ3n) is 2.85. The minimum absolute atomic E-state index is 0.158. The highest BCUT2D eigenvalue weighted by molar-refractivity contribution is 9.12. The van der Waals surface area contributed by atoms with Gasteiger partial charge in [0.25, 0.3) is 0 Å². The number of hydrogen-bond donors (Lipinski definition) is 1. The van der Waals surface area contributed by atoms with Gasteiger partial charge in [-0.15, -0.1) is 11.3 Å². The van der Waals surface area contributed by atoms with E-state index in [1.807, 2.05) is 6.07 Å². The van der Waals surface area contributed by atoms with E-state index in [1.54, 1.807) is 7.05 Å². The van der Waals surface area contributed by atoms with Crippen molar-refractivity contribution in [3.8, 4) is 0 Å². The van der Waals surface area contributed by atoms with Crippen molar-refractivity contribution in [3.05, 3.63) is 54.6 Å². The topological polar surface area (TPSA) is 12.0 Å². The number of halogens is 5. The Morgan fingerprint density at radius 1 is 1.15 bits per heavy atom. The summed E-state index contributed by atoms with van der Waals surface area (Å²) in [4.78, 5) is 0. The van der Waals surface area contributed by atoms with Crippen LogP contribution < -0.4 is 5.32 Å². The van der Waals surface area contributed by atoms with Gasteiger partial charge in [0.05, 0.1) is 19.2 Å². The van der Waals surface area contributed by atoms with Crippen molar-refractivity contribution < 1.29 is 13.2 Å². The highest BCUT2D eigenvalue weighted by Gasteiger charge is 2.30. The molecule has 1 unspecified atom stereocenters. The normalized spacial score (nSPS) is 13.5. The monoisotopic (exact) mass is 427 g/mol. The van der Waals surface area contributed by atoms with Gasteiger partial charge in [-0.05, 0) is 68.2 Å². The third kappa shape index (κ3) is 3.44. The summed E-state index contributed by atoms with van der Waals surface area (Å²) in [7, 11) is 1.78. The molecule has 0 saturated heterocycles. The molecule has 1 nitrogen and oxygen atoms in total. The standard InChI is InChI=1S/C13H10Br2F3NS/c1-19-11(9-6-10(14)20-12(9)15)7-2-4-8(5-3-7)13(16,17)18/h2-6,11,19H,1H3. The lowest BCUT2D eigenvalue weighted by atomic mass is 10.00. The summed E-state index contributed by atoms with van der Waals surface area (Å²) in [6.45, 7) is 0. The Hall–Kier alpha value is -0.370. The van der Waals surface area contributed by atoms with Gasteiger partial charge in [0, 0.05) is 0 Å². The summed E-state index contributed by atoms with van der Waals surface area (Å²) < 4.78 is 39.6. The van der Waals surface area contributed by atoms with Gasteiger partial charge in [0.2, 0.25) is 0 Å². The first-order chi connectivity index (χ1) is 9.32. The van der Waals surface area contributed by atoms with E-state index in [-0.39, 0.29) is 6.04 Å². The second kappa shape index (κ2) is 6.17. The molecule has 0 radical (unpaired) electrons. The summed E-state index contributed by atoms with van der Waals surface area (Å²) in [5.41, 5.74) is 1.14. The number of alkyl halides is 3. The number of hydrogen-bond acceptors (Lipinski definition) is 2. The predicted molar refractivity (Wildman–Crippen MR) is 82.1 cm³/mol. The first-order valence-corrected chi connectivity index (χ1v) is 8.02. The maximum absolute atomic E-state index is 12.6. The molecule has 1 heterocycles. The van der Waals surface area contributed by atoms with Crippen LogP contribution in [-0.2, 0) is 6.18 Å². The molecular weight excluding hydrogens is 419 g/mol. The second-order valence-electron chi connectivity index (χ2n) is 4.12. The van der Waals surface area contributed by atoms with Crippen LogP contribution in [0.2, 0.25) is 0 Å². The zero-order valence-electron chi connectivity index (χ0n) is 10.3. The van der Waals surface area contributed by atoms with Gasteiger partial charge in [-0.1, -0.05) is 12.1 Å². The second-order valence-corrected chi connectivity index (χ2v) is 7.87. The van der Waals surface area contributed by atoms with Crippen molar-refractivity contribution in [2.24, 2.45) is 0 Å². The lowest BCUT2D eigenvalue weighted by Gasteiger charge is -2.17. The van der Waals surface area contributed by atoms with E-state index in [4.69, 9.17) is 0 Å². The van der Waals surface area contributed by atoms with E-state index in [2.05, 4.69) is 37.2 Å². The van der Waals surface area contributed by atoms with Crippen LogP contribution in [0.3, 0.4) is 0 Å². The zero-order chi connectivity index (χ0) is 14.9. The van der Waals surface area contributed by atoms with E-state index in [0.717, 1.165) is 30.8 Å². The van der Waals surface area contributed by atoms with Gasteiger partial charge in [-0.25, -0.2) is 0 Å². The molecule has 0 fully saturated rings. The molecule has 0 saturated carbocycles. The fourth-order valence-corrected chi connectivity index (χ4v) is 4.82. The van der Waals surface area contributed by atoms with Crippen LogP contribution in [0.1, 0.15) is 22.7 Å². The van der Waals surface area contributed by atoms with Gasteiger partial charge in [0.1, 0.15) is 0 Å². The van der Waals surface area contributed by atoms with Crippen LogP contribution in [0.5, 0.6) is 0 Å². The smallest absolute Gasteiger partial charge is 0.309 e. The van der Waals surface area contributed by atoms with Crippen molar-refractivity contribution in [3.63, 3.8) is 0 Å². The van der Waals surface area contributed by atoms with Crippen LogP contribution in [0, 0.1) is 0 Å². The van der Waals surface area contributed by atoms with Crippen molar-refractivity contribution in [2.45, 2.75) is 12.2 Å². The molecule has 2 aromatic rings. The Balaban J connectivity index is 2.35. The lowest BCUT2D eigenvalue weighted by molar-refractivity contribution is -0.137. The Bertz CT molecular complexity index is 593. The fourth-order valence-electron chi connectivity index (χ4n) is 1.92. The minimum atomic E-state index is -4.31. The number of benzene rings is 1. The number of rotatable bonds is 3. The van der Waals surface area contributed by atoms with Crippen LogP contribution in [0.4, 0.5) is 13.2 Å². The fraction of sp³-hybridized carbons (Fsp3) is 0.231. The Morgan fingerprint density at radius 2 is 1.75 bits per heavy atom. The van der Waals surface area contributed by atoms with Gasteiger partial charge in [-0.3, -0.25) is 0 Å². The average molecular weight is 429 g/mol. The van der Waals surface area contributed by atoms with Crippen molar-refractivity contribution in [1.29, 1.82) is 0 Å². The van der Waals surface area contributed by atoms with E-state index in [9.17, 15) is 13.2 Å². The zero-order valence-corrected chi connectivity index (χ0v) is 14.3. The summed E-state index contributed by atoms with van der Waals surface area (Å²) in [6, 6.07) is 7.01. The Labute approximate surface area is 135 Å². The Morgan fingerprint density at radius 3 is 2.15 bits per heavy atom. The van der Waals surface area contributed by atoms with Gasteiger partial charge in [-0.2, -0.15) is 13.2 Å². The van der Waals surface area contributed by atoms with E-state index >= 15 is 0 Å². The quantitative estimate of drug-likeness (QED) is 0.670. The highest BCUT2D eigenvalue weighted by atomic mass is 79.9. The molecule has 0 aliphatic carbocycles. The van der Waals surface area contributed by atoms with Crippen LogP contribution in [0.25, 0.3) is 0 Å². The van der Waals surface area contributed by atoms with E-state index in [1.165, 1.54) is 23.5 Å². The van der Waals surface area contributed by atoms with Crippen molar-refractivity contribution in [1.82, 2.24) is 5.32 Å². The molecule has 0 amide bonds. The molecule has 0 aliphatic heterocycles. The molecule has 7 heteroatoms. The lowest BCUT2D eigenvalue weighted by Crippen LogP contribution is -2.17. The molecule has 108 valence electrons. The Kier molecular flexibility index (Phi) is 4.94. The maximum atomic E-state index is 12.6. The molecule has 0 aliphatic rings. The SMILES string of the molecule is CNC(c1ccc(C(F)(F)F)cc1)c1cc(Br)sc1Br. The largest absolute Gasteiger partial charge is 0.416 e. The molecule has 1 aromatic carbocycles. The van der Waals surface area contributed by atoms with Crippen LogP contribution in [0.15, 0.2) is 37.9 Å². The van der Waals surface area contributed by atoms with Crippen molar-refractivity contribution in [2.75, 3.05) is 7.05 Å². The first kappa shape index (κ1) is 16.0. The third-order valence-corrected chi connectivity index (χ3v) is 5.24. The predicted octanol–water partition coefficient (Wildman–Crippen LogP) is 5.60. The minimum Gasteiger partial charge on any atom is -0.309 e. The molecule has 1 atom stereocenters. The van der Waals surface area contributed by atoms with Gasteiger partial charge in [0.15, 0.2) is 0 Å². The summed E-state index contributed by atoms with van der Waals surface area (Å²) in [6.07, 6.45) is -4.31. The number of thiophene rings is 1. The molecule has 1 aromatic heterocycles. The van der Waals surface area contributed by atoms with Crippen molar-refractivity contribution >= 4 is 43.2 Å². The molecule has 1 N–H and O–H groups in total. The number of nitrogens with one attached hydrogen (secondary N) is 1. The summed E-state index contributed by atoms with van der Waals surface area (Å²) >= 11 is 8.40. The summed E-state index contributed by atoms with van der Waals surface area (Å²) in [5, 5.41) is 3.12. The average Bonchev–Trinajstić information content (AvgIpc) is 2.69. The highest BCUT2D eigenvalue weighted by Crippen LogP contribution is 2.38. The van der Waals surface area contributed by atoms with E-state index in [0.29, 0.717) is 0 Å². The van der Waals surface area contributed by atoms with Crippen LogP contribution >= 0.6 is 43.2 Å².